The van der Waals surface area contributed by atoms with Crippen molar-refractivity contribution in [2.45, 2.75) is 43.0 Å². The molecule has 1 aliphatic carbocycles. The maximum absolute atomic E-state index is 12.7. The van der Waals surface area contributed by atoms with Gasteiger partial charge in [0.2, 0.25) is 15.9 Å². The van der Waals surface area contributed by atoms with E-state index in [1.807, 2.05) is 31.2 Å². The monoisotopic (exact) mass is 436 g/mol. The molecule has 1 saturated carbocycles. The van der Waals surface area contributed by atoms with Gasteiger partial charge in [0.25, 0.3) is 0 Å². The average Bonchev–Trinajstić information content (AvgIpc) is 3.37. The molecule has 0 aliphatic heterocycles. The van der Waals surface area contributed by atoms with Gasteiger partial charge in [-0.3, -0.25) is 4.79 Å². The second-order valence-electron chi connectivity index (χ2n) is 6.71. The molecule has 138 valence electrons. The molecule has 5 nitrogen and oxygen atoms in total. The summed E-state index contributed by atoms with van der Waals surface area (Å²) in [6.45, 7) is 3.32. The molecule has 0 heterocycles. The van der Waals surface area contributed by atoms with Crippen molar-refractivity contribution in [2.75, 3.05) is 5.32 Å². The number of carbonyl (C=O) groups excluding carboxylic acids is 1. The molecule has 3 rings (SSSR count). The van der Waals surface area contributed by atoms with Gasteiger partial charge >= 0.3 is 0 Å². The third-order valence-electron chi connectivity index (χ3n) is 4.85. The lowest BCUT2D eigenvalue weighted by atomic mass is 9.90. The van der Waals surface area contributed by atoms with Crippen molar-refractivity contribution >= 4 is 37.5 Å². The van der Waals surface area contributed by atoms with E-state index in [4.69, 9.17) is 0 Å². The van der Waals surface area contributed by atoms with Crippen LogP contribution in [0.5, 0.6) is 0 Å². The molecule has 2 aromatic carbocycles. The first kappa shape index (κ1) is 19.1. The number of hydrogen-bond acceptors (Lipinski definition) is 3. The predicted molar refractivity (Wildman–Crippen MR) is 106 cm³/mol. The number of anilines is 1. The highest BCUT2D eigenvalue weighted by Gasteiger charge is 2.49. The molecule has 0 radical (unpaired) electrons. The van der Waals surface area contributed by atoms with E-state index in [9.17, 15) is 13.2 Å². The Hall–Kier alpha value is -1.70. The largest absolute Gasteiger partial charge is 0.326 e. The average molecular weight is 437 g/mol. The topological polar surface area (TPSA) is 75.3 Å². The van der Waals surface area contributed by atoms with Crippen molar-refractivity contribution in [2.24, 2.45) is 0 Å². The van der Waals surface area contributed by atoms with E-state index >= 15 is 0 Å². The lowest BCUT2D eigenvalue weighted by Crippen LogP contribution is -2.41. The van der Waals surface area contributed by atoms with Gasteiger partial charge < -0.3 is 5.32 Å². The fourth-order valence-corrected chi connectivity index (χ4v) is 4.81. The summed E-state index contributed by atoms with van der Waals surface area (Å²) in [6.07, 6.45) is 1.92. The molecule has 1 fully saturated rings. The van der Waals surface area contributed by atoms with Crippen molar-refractivity contribution in [3.05, 3.63) is 58.6 Å². The fourth-order valence-electron chi connectivity index (χ4n) is 3.22. The van der Waals surface area contributed by atoms with E-state index < -0.39 is 10.0 Å². The van der Waals surface area contributed by atoms with Gasteiger partial charge in [-0.2, -0.15) is 0 Å². The Morgan fingerprint density at radius 3 is 2.15 bits per heavy atom. The number of halogens is 1. The maximum Gasteiger partial charge on any atom is 0.240 e. The number of hydrogen-bond donors (Lipinski definition) is 2. The first-order chi connectivity index (χ1) is 12.2. The van der Waals surface area contributed by atoms with E-state index in [1.54, 1.807) is 12.1 Å². The summed E-state index contributed by atoms with van der Waals surface area (Å²) in [5, 5.41) is 2.63. The minimum Gasteiger partial charge on any atom is -0.326 e. The zero-order valence-corrected chi connectivity index (χ0v) is 17.0. The van der Waals surface area contributed by atoms with E-state index in [-0.39, 0.29) is 22.3 Å². The molecule has 2 N–H and O–H groups in total. The van der Waals surface area contributed by atoms with Crippen LogP contribution in [0.4, 0.5) is 5.69 Å². The molecule has 26 heavy (non-hydrogen) atoms. The van der Waals surface area contributed by atoms with Gasteiger partial charge in [-0.15, -0.1) is 0 Å². The van der Waals surface area contributed by atoms with Gasteiger partial charge in [-0.05, 0) is 61.7 Å². The lowest BCUT2D eigenvalue weighted by Gasteiger charge is -2.25. The number of benzene rings is 2. The molecule has 0 spiro atoms. The molecule has 1 amide bonds. The van der Waals surface area contributed by atoms with Crippen molar-refractivity contribution in [3.63, 3.8) is 0 Å². The molecule has 0 saturated heterocycles. The first-order valence-electron chi connectivity index (χ1n) is 8.39. The molecule has 7 heteroatoms. The number of nitrogens with one attached hydrogen (secondary N) is 2. The summed E-state index contributed by atoms with van der Waals surface area (Å²) in [5.74, 6) is -0.197. The zero-order valence-electron chi connectivity index (χ0n) is 14.6. The molecule has 1 aliphatic rings. The van der Waals surface area contributed by atoms with Crippen LogP contribution >= 0.6 is 15.9 Å². The first-order valence-corrected chi connectivity index (χ1v) is 10.7. The van der Waals surface area contributed by atoms with Crippen LogP contribution in [0.3, 0.4) is 0 Å². The van der Waals surface area contributed by atoms with Crippen LogP contribution in [-0.2, 0) is 20.2 Å². The quantitative estimate of drug-likeness (QED) is 0.722. The van der Waals surface area contributed by atoms with Gasteiger partial charge in [0.05, 0.1) is 4.90 Å². The summed E-state index contributed by atoms with van der Waals surface area (Å²) in [6, 6.07) is 14.0. The summed E-state index contributed by atoms with van der Waals surface area (Å²) in [4.78, 5) is 11.3. The highest BCUT2D eigenvalue weighted by atomic mass is 79.9. The lowest BCUT2D eigenvalue weighted by molar-refractivity contribution is -0.114. The normalized spacial score (nSPS) is 16.7. The maximum atomic E-state index is 12.7. The Balaban J connectivity index is 1.76. The molecule has 1 atom stereocenters. The third kappa shape index (κ3) is 4.00. The van der Waals surface area contributed by atoms with Gasteiger partial charge in [-0.25, -0.2) is 13.1 Å². The van der Waals surface area contributed by atoms with Gasteiger partial charge in [-0.1, -0.05) is 28.1 Å². The Labute approximate surface area is 162 Å². The molecular formula is C19H21BrN2O3S. The SMILES string of the molecule is CC(=O)Nc1ccc(S(=O)(=O)NC(C)C2(c3ccc(Br)cc3)CC2)cc1. The number of rotatable bonds is 6. The van der Waals surface area contributed by atoms with Gasteiger partial charge in [0.15, 0.2) is 0 Å². The number of amides is 1. The number of sulfonamides is 1. The molecule has 0 bridgehead atoms. The second-order valence-corrected chi connectivity index (χ2v) is 9.34. The van der Waals surface area contributed by atoms with Crippen LogP contribution in [0.25, 0.3) is 0 Å². The van der Waals surface area contributed by atoms with Crippen LogP contribution in [-0.4, -0.2) is 20.4 Å². The third-order valence-corrected chi connectivity index (χ3v) is 6.94. The van der Waals surface area contributed by atoms with Gasteiger partial charge in [0, 0.05) is 28.5 Å². The summed E-state index contributed by atoms with van der Waals surface area (Å²) < 4.78 is 29.3. The highest BCUT2D eigenvalue weighted by molar-refractivity contribution is 9.10. The van der Waals surface area contributed by atoms with Crippen LogP contribution in [0.1, 0.15) is 32.3 Å². The summed E-state index contributed by atoms with van der Waals surface area (Å²) in [7, 11) is -3.64. The second kappa shape index (κ2) is 7.13. The standard InChI is InChI=1S/C19H21BrN2O3S/c1-13(19(11-12-19)15-3-5-16(20)6-4-15)22-26(24,25)18-9-7-17(8-10-18)21-14(2)23/h3-10,13,22H,11-12H2,1-2H3,(H,21,23). The van der Waals surface area contributed by atoms with Crippen LogP contribution in [0.15, 0.2) is 57.9 Å². The zero-order chi connectivity index (χ0) is 18.9. The van der Waals surface area contributed by atoms with E-state index in [1.165, 1.54) is 19.1 Å². The minimum absolute atomic E-state index is 0.149. The molecule has 0 aromatic heterocycles. The van der Waals surface area contributed by atoms with Crippen molar-refractivity contribution in [1.82, 2.24) is 4.72 Å². The van der Waals surface area contributed by atoms with Crippen molar-refractivity contribution in [3.8, 4) is 0 Å². The highest BCUT2D eigenvalue weighted by Crippen LogP contribution is 2.51. The van der Waals surface area contributed by atoms with Gasteiger partial charge in [0.1, 0.15) is 0 Å². The van der Waals surface area contributed by atoms with E-state index in [0.717, 1.165) is 22.9 Å². The molecule has 2 aromatic rings. The minimum atomic E-state index is -3.64. The van der Waals surface area contributed by atoms with Crippen molar-refractivity contribution < 1.29 is 13.2 Å². The number of carbonyl (C=O) groups is 1. The van der Waals surface area contributed by atoms with Crippen LogP contribution in [0, 0.1) is 0 Å². The van der Waals surface area contributed by atoms with Crippen LogP contribution in [0.2, 0.25) is 0 Å². The Kier molecular flexibility index (Phi) is 5.23. The molecular weight excluding hydrogens is 416 g/mol. The Bertz CT molecular complexity index is 905. The fraction of sp³-hybridized carbons (Fsp3) is 0.316. The van der Waals surface area contributed by atoms with Crippen LogP contribution < -0.4 is 10.0 Å². The van der Waals surface area contributed by atoms with E-state index in [0.29, 0.717) is 5.69 Å². The van der Waals surface area contributed by atoms with Crippen molar-refractivity contribution in [1.29, 1.82) is 0 Å². The Morgan fingerprint density at radius 1 is 1.08 bits per heavy atom. The summed E-state index contributed by atoms with van der Waals surface area (Å²) in [5.41, 5.74) is 1.57. The molecule has 1 unspecified atom stereocenters. The summed E-state index contributed by atoms with van der Waals surface area (Å²) >= 11 is 3.43. The Morgan fingerprint density at radius 2 is 1.65 bits per heavy atom. The van der Waals surface area contributed by atoms with E-state index in [2.05, 4.69) is 26.0 Å². The predicted octanol–water partition coefficient (Wildman–Crippen LogP) is 3.81. The smallest absolute Gasteiger partial charge is 0.240 e.